The molecule has 1 N–H and O–H groups in total. The maximum Gasteiger partial charge on any atom is 0.254 e. The van der Waals surface area contributed by atoms with Gasteiger partial charge in [-0.1, -0.05) is 6.58 Å². The van der Waals surface area contributed by atoms with Crippen LogP contribution in [0.3, 0.4) is 0 Å². The van der Waals surface area contributed by atoms with Gasteiger partial charge < -0.3 is 0 Å². The molecule has 0 bridgehead atoms. The largest absolute Gasteiger partial charge is 0.281 e. The molecule has 0 unspecified atom stereocenters. The van der Waals surface area contributed by atoms with Crippen LogP contribution in [0.25, 0.3) is 0 Å². The first-order chi connectivity index (χ1) is 5.31. The third-order valence-corrected chi connectivity index (χ3v) is 0.631. The Morgan fingerprint density at radius 1 is 1.45 bits per heavy atom. The Morgan fingerprint density at radius 2 is 2.18 bits per heavy atom. The predicted octanol–water partition coefficient (Wildman–Crippen LogP) is -0.114. The molecule has 0 aliphatic rings. The fourth-order valence-electron chi connectivity index (χ4n) is 0.242. The average Bonchev–Trinajstić information content (AvgIpc) is 2.04. The van der Waals surface area contributed by atoms with E-state index in [1.807, 2.05) is 0 Å². The lowest BCUT2D eigenvalue weighted by atomic mass is 10.5. The van der Waals surface area contributed by atoms with Gasteiger partial charge in [-0.25, -0.2) is 0 Å². The van der Waals surface area contributed by atoms with Crippen LogP contribution < -0.4 is 5.32 Å². The van der Waals surface area contributed by atoms with Crippen LogP contribution >= 0.6 is 0 Å². The molecule has 0 aromatic rings. The molecule has 0 saturated carbocycles. The maximum absolute atomic E-state index is 10.4. The molecule has 0 radical (unpaired) electrons. The zero-order chi connectivity index (χ0) is 8.53. The second-order valence-corrected chi connectivity index (χ2v) is 1.34. The zero-order valence-electron chi connectivity index (χ0n) is 5.77. The van der Waals surface area contributed by atoms with Crippen molar-refractivity contribution in [1.82, 2.24) is 5.32 Å². The molecule has 52 valence electrons. The minimum absolute atomic E-state index is 0.361. The Hall–Kier alpha value is -2.11. The van der Waals surface area contributed by atoms with Crippen LogP contribution in [0.4, 0.5) is 0 Å². The summed E-state index contributed by atoms with van der Waals surface area (Å²) in [6.45, 7) is 3.23. The second kappa shape index (κ2) is 6.02. The highest BCUT2D eigenvalue weighted by Gasteiger charge is 1.83. The molecule has 0 rings (SSSR count). The van der Waals surface area contributed by atoms with Gasteiger partial charge in [0, 0.05) is 17.9 Å². The van der Waals surface area contributed by atoms with Crippen molar-refractivity contribution in [1.29, 1.82) is 0 Å². The molecule has 0 aliphatic carbocycles. The van der Waals surface area contributed by atoms with E-state index in [2.05, 4.69) is 41.6 Å². The number of carbonyl (C=O) groups excluding carboxylic acids is 1. The standard InChI is InChI=1S/C9H5NO/c1-3-5-6-7-8-10-9(11)4-2/h1,4H,2H2,(H,10,11). The van der Waals surface area contributed by atoms with E-state index in [1.165, 1.54) is 0 Å². The topological polar surface area (TPSA) is 29.1 Å². The number of amides is 1. The number of carbonyl (C=O) groups is 1. The molecule has 1 amide bonds. The lowest BCUT2D eigenvalue weighted by Crippen LogP contribution is -2.13. The minimum atomic E-state index is -0.361. The van der Waals surface area contributed by atoms with Crippen molar-refractivity contribution in [3.05, 3.63) is 12.7 Å². The summed E-state index contributed by atoms with van der Waals surface area (Å²) >= 11 is 0. The highest BCUT2D eigenvalue weighted by Crippen LogP contribution is 1.61. The first-order valence-electron chi connectivity index (χ1n) is 2.69. The lowest BCUT2D eigenvalue weighted by Gasteiger charge is -1.82. The van der Waals surface area contributed by atoms with E-state index >= 15 is 0 Å². The normalized spacial score (nSPS) is 5.36. The van der Waals surface area contributed by atoms with Crippen molar-refractivity contribution in [3.8, 4) is 36.1 Å². The molecule has 0 aromatic heterocycles. The lowest BCUT2D eigenvalue weighted by molar-refractivity contribution is -0.115. The zero-order valence-corrected chi connectivity index (χ0v) is 5.77. The van der Waals surface area contributed by atoms with Gasteiger partial charge in [-0.3, -0.25) is 10.1 Å². The number of hydrogen-bond acceptors (Lipinski definition) is 1. The smallest absolute Gasteiger partial charge is 0.254 e. The molecule has 0 aromatic carbocycles. The highest BCUT2D eigenvalue weighted by molar-refractivity contribution is 5.88. The summed E-state index contributed by atoms with van der Waals surface area (Å²) in [7, 11) is 0. The Morgan fingerprint density at radius 3 is 2.73 bits per heavy atom. The Balaban J connectivity index is 3.85. The van der Waals surface area contributed by atoms with Crippen molar-refractivity contribution in [2.75, 3.05) is 0 Å². The van der Waals surface area contributed by atoms with Crippen LogP contribution in [-0.4, -0.2) is 5.91 Å². The quantitative estimate of drug-likeness (QED) is 0.309. The van der Waals surface area contributed by atoms with Crippen molar-refractivity contribution in [3.63, 3.8) is 0 Å². The van der Waals surface area contributed by atoms with Crippen LogP contribution in [0.2, 0.25) is 0 Å². The summed E-state index contributed by atoms with van der Waals surface area (Å²) in [5, 5.41) is 2.20. The summed E-state index contributed by atoms with van der Waals surface area (Å²) < 4.78 is 0. The van der Waals surface area contributed by atoms with E-state index < -0.39 is 0 Å². The molecule has 0 fully saturated rings. The van der Waals surface area contributed by atoms with Gasteiger partial charge in [-0.15, -0.1) is 6.42 Å². The molecule has 0 spiro atoms. The van der Waals surface area contributed by atoms with Gasteiger partial charge in [0.2, 0.25) is 0 Å². The molecule has 2 nitrogen and oxygen atoms in total. The van der Waals surface area contributed by atoms with Crippen molar-refractivity contribution in [2.24, 2.45) is 0 Å². The van der Waals surface area contributed by atoms with Crippen LogP contribution in [-0.2, 0) is 4.79 Å². The van der Waals surface area contributed by atoms with Crippen LogP contribution in [0.15, 0.2) is 12.7 Å². The summed E-state index contributed by atoms with van der Waals surface area (Å²) in [6, 6.07) is 2.28. The molecule has 0 saturated heterocycles. The molecule has 0 atom stereocenters. The van der Waals surface area contributed by atoms with Crippen LogP contribution in [0.5, 0.6) is 0 Å². The SMILES string of the molecule is C#CC#CC#CNC(=O)C=C. The van der Waals surface area contributed by atoms with Gasteiger partial charge in [0.1, 0.15) is 0 Å². The summed E-state index contributed by atoms with van der Waals surface area (Å²) in [6.07, 6.45) is 5.92. The van der Waals surface area contributed by atoms with Crippen molar-refractivity contribution in [2.45, 2.75) is 0 Å². The molecule has 0 aliphatic heterocycles. The number of nitrogens with one attached hydrogen (secondary N) is 1. The predicted molar refractivity (Wildman–Crippen MR) is 42.7 cm³/mol. The van der Waals surface area contributed by atoms with Gasteiger partial charge in [0.05, 0.1) is 0 Å². The number of hydrogen-bond donors (Lipinski definition) is 1. The van der Waals surface area contributed by atoms with Gasteiger partial charge >= 0.3 is 0 Å². The minimum Gasteiger partial charge on any atom is -0.281 e. The summed E-state index contributed by atoms with van der Waals surface area (Å²) in [4.78, 5) is 10.4. The Kier molecular flexibility index (Phi) is 4.86. The first-order valence-corrected chi connectivity index (χ1v) is 2.69. The fraction of sp³-hybridized carbons (Fsp3) is 0. The fourth-order valence-corrected chi connectivity index (χ4v) is 0.242. The van der Waals surface area contributed by atoms with E-state index in [4.69, 9.17) is 6.42 Å². The second-order valence-electron chi connectivity index (χ2n) is 1.34. The van der Waals surface area contributed by atoms with E-state index in [1.54, 1.807) is 0 Å². The van der Waals surface area contributed by atoms with Gasteiger partial charge in [0.25, 0.3) is 5.91 Å². The van der Waals surface area contributed by atoms with Crippen LogP contribution in [0, 0.1) is 36.1 Å². The Labute approximate surface area is 65.7 Å². The number of rotatable bonds is 1. The average molecular weight is 143 g/mol. The molecular weight excluding hydrogens is 138 g/mol. The summed E-state index contributed by atoms with van der Waals surface area (Å²) in [5.41, 5.74) is 0. The summed E-state index contributed by atoms with van der Waals surface area (Å²) in [5.74, 6) is 8.62. The van der Waals surface area contributed by atoms with Gasteiger partial charge in [-0.05, 0) is 17.9 Å². The monoisotopic (exact) mass is 143 g/mol. The molecule has 11 heavy (non-hydrogen) atoms. The van der Waals surface area contributed by atoms with Gasteiger partial charge in [-0.2, -0.15) is 0 Å². The van der Waals surface area contributed by atoms with Crippen molar-refractivity contribution >= 4 is 5.91 Å². The van der Waals surface area contributed by atoms with E-state index in [0.717, 1.165) is 6.08 Å². The highest BCUT2D eigenvalue weighted by atomic mass is 16.1. The van der Waals surface area contributed by atoms with E-state index in [-0.39, 0.29) is 5.91 Å². The van der Waals surface area contributed by atoms with Crippen molar-refractivity contribution < 1.29 is 4.79 Å². The molecule has 2 heteroatoms. The third kappa shape index (κ3) is 5.77. The van der Waals surface area contributed by atoms with E-state index in [0.29, 0.717) is 0 Å². The van der Waals surface area contributed by atoms with Gasteiger partial charge in [0.15, 0.2) is 0 Å². The molecular formula is C9H5NO. The molecule has 0 heterocycles. The first kappa shape index (κ1) is 8.89. The number of terminal acetylenes is 1. The Bertz CT molecular complexity index is 311. The van der Waals surface area contributed by atoms with E-state index in [9.17, 15) is 4.79 Å². The maximum atomic E-state index is 10.4. The third-order valence-electron chi connectivity index (χ3n) is 0.631. The van der Waals surface area contributed by atoms with Crippen LogP contribution in [0.1, 0.15) is 0 Å².